The van der Waals surface area contributed by atoms with Crippen molar-refractivity contribution in [2.45, 2.75) is 37.8 Å². The van der Waals surface area contributed by atoms with Gasteiger partial charge in [0.05, 0.1) is 31.1 Å². The van der Waals surface area contributed by atoms with Gasteiger partial charge in [-0.1, -0.05) is 0 Å². The third-order valence-corrected chi connectivity index (χ3v) is 5.76. The van der Waals surface area contributed by atoms with Gasteiger partial charge in [0.15, 0.2) is 0 Å². The molecule has 8 nitrogen and oxygen atoms in total. The van der Waals surface area contributed by atoms with E-state index in [0.29, 0.717) is 17.2 Å². The molecule has 0 unspecified atom stereocenters. The molecule has 0 radical (unpaired) electrons. The first kappa shape index (κ1) is 19.4. The molecule has 2 aliphatic carbocycles. The van der Waals surface area contributed by atoms with Gasteiger partial charge in [-0.25, -0.2) is 0 Å². The molecule has 2 aliphatic rings. The molecule has 1 aromatic heterocycles. The second-order valence-electron chi connectivity index (χ2n) is 7.95. The van der Waals surface area contributed by atoms with Crippen molar-refractivity contribution in [3.63, 3.8) is 0 Å². The number of aromatic nitrogens is 2. The standard InChI is InChI=1S/C21H26N4O4/c1-29-17-6-4-14(5-7-17)20-18(10-22-24-20)21(28)23-15-8-16(9-15)25(12-19(26)27)11-13-2-3-13/h4-7,10,13,15-16H,2-3,8-9,11-12H2,1H3,(H,22,24)(H,23,28)(H,26,27). The number of rotatable bonds is 9. The normalized spacial score (nSPS) is 20.9. The molecule has 154 valence electrons. The number of amides is 1. The van der Waals surface area contributed by atoms with Crippen LogP contribution < -0.4 is 10.1 Å². The fraction of sp³-hybridized carbons (Fsp3) is 0.476. The Labute approximate surface area is 169 Å². The molecular weight excluding hydrogens is 372 g/mol. The number of hydrogen-bond donors (Lipinski definition) is 3. The second-order valence-corrected chi connectivity index (χ2v) is 7.95. The van der Waals surface area contributed by atoms with Gasteiger partial charge in [0, 0.05) is 24.2 Å². The summed E-state index contributed by atoms with van der Waals surface area (Å²) in [6, 6.07) is 7.72. The van der Waals surface area contributed by atoms with Crippen LogP contribution in [0.25, 0.3) is 11.3 Å². The molecule has 4 rings (SSSR count). The second kappa shape index (κ2) is 8.24. The Bertz CT molecular complexity index is 869. The SMILES string of the molecule is COc1ccc(-c2[nH]ncc2C(=O)NC2CC(N(CC(=O)O)CC3CC3)C2)cc1. The van der Waals surface area contributed by atoms with Gasteiger partial charge in [0.2, 0.25) is 0 Å². The Morgan fingerprint density at radius 2 is 2.00 bits per heavy atom. The minimum absolute atomic E-state index is 0.0571. The highest BCUT2D eigenvalue weighted by molar-refractivity contribution is 6.00. The third kappa shape index (κ3) is 4.59. The van der Waals surface area contributed by atoms with Crippen molar-refractivity contribution in [1.29, 1.82) is 0 Å². The van der Waals surface area contributed by atoms with Crippen LogP contribution in [0.4, 0.5) is 0 Å². The Kier molecular flexibility index (Phi) is 5.53. The zero-order chi connectivity index (χ0) is 20.4. The molecule has 0 spiro atoms. The van der Waals surface area contributed by atoms with Gasteiger partial charge in [-0.3, -0.25) is 19.6 Å². The highest BCUT2D eigenvalue weighted by atomic mass is 16.5. The number of nitrogens with one attached hydrogen (secondary N) is 2. The predicted molar refractivity (Wildman–Crippen MR) is 107 cm³/mol. The maximum atomic E-state index is 12.8. The highest BCUT2D eigenvalue weighted by Gasteiger charge is 2.38. The maximum Gasteiger partial charge on any atom is 0.317 e. The Balaban J connectivity index is 1.35. The van der Waals surface area contributed by atoms with Crippen LogP contribution in [0.1, 0.15) is 36.0 Å². The van der Waals surface area contributed by atoms with Gasteiger partial charge >= 0.3 is 5.97 Å². The predicted octanol–water partition coefficient (Wildman–Crippen LogP) is 2.14. The van der Waals surface area contributed by atoms with Crippen LogP contribution >= 0.6 is 0 Å². The van der Waals surface area contributed by atoms with E-state index in [1.165, 1.54) is 19.0 Å². The molecule has 1 aromatic carbocycles. The van der Waals surface area contributed by atoms with Crippen molar-refractivity contribution in [1.82, 2.24) is 20.4 Å². The lowest BCUT2D eigenvalue weighted by atomic mass is 9.85. The van der Waals surface area contributed by atoms with Crippen molar-refractivity contribution >= 4 is 11.9 Å². The number of carbonyl (C=O) groups is 2. The topological polar surface area (TPSA) is 108 Å². The molecule has 0 saturated heterocycles. The number of carboxylic acid groups (broad SMARTS) is 1. The molecule has 2 saturated carbocycles. The highest BCUT2D eigenvalue weighted by Crippen LogP contribution is 2.34. The smallest absolute Gasteiger partial charge is 0.317 e. The molecule has 0 aliphatic heterocycles. The van der Waals surface area contributed by atoms with Crippen LogP contribution in [-0.2, 0) is 4.79 Å². The number of nitrogens with zero attached hydrogens (tertiary/aromatic N) is 2. The first-order valence-corrected chi connectivity index (χ1v) is 9.98. The van der Waals surface area contributed by atoms with E-state index in [-0.39, 0.29) is 24.5 Å². The zero-order valence-electron chi connectivity index (χ0n) is 16.4. The van der Waals surface area contributed by atoms with E-state index in [0.717, 1.165) is 30.7 Å². The Hall–Kier alpha value is -2.87. The van der Waals surface area contributed by atoms with Gasteiger partial charge in [-0.15, -0.1) is 0 Å². The number of benzene rings is 1. The largest absolute Gasteiger partial charge is 0.497 e. The van der Waals surface area contributed by atoms with Crippen LogP contribution in [0.3, 0.4) is 0 Å². The van der Waals surface area contributed by atoms with Crippen molar-refractivity contribution < 1.29 is 19.4 Å². The number of aromatic amines is 1. The molecule has 0 atom stereocenters. The van der Waals surface area contributed by atoms with Crippen LogP contribution in [-0.4, -0.2) is 64.4 Å². The van der Waals surface area contributed by atoms with Crippen LogP contribution in [0.2, 0.25) is 0 Å². The molecule has 1 amide bonds. The molecule has 3 N–H and O–H groups in total. The van der Waals surface area contributed by atoms with Crippen molar-refractivity contribution in [2.75, 3.05) is 20.2 Å². The summed E-state index contributed by atoms with van der Waals surface area (Å²) in [6.45, 7) is 0.923. The summed E-state index contributed by atoms with van der Waals surface area (Å²) in [4.78, 5) is 26.0. The number of methoxy groups -OCH3 is 1. The number of ether oxygens (including phenoxy) is 1. The van der Waals surface area contributed by atoms with Gasteiger partial charge in [-0.05, 0) is 55.9 Å². The summed E-state index contributed by atoms with van der Waals surface area (Å²) in [7, 11) is 1.61. The third-order valence-electron chi connectivity index (χ3n) is 5.76. The molecule has 2 aromatic rings. The molecule has 1 heterocycles. The summed E-state index contributed by atoms with van der Waals surface area (Å²) < 4.78 is 5.17. The monoisotopic (exact) mass is 398 g/mol. The van der Waals surface area contributed by atoms with Crippen LogP contribution in [0, 0.1) is 5.92 Å². The number of hydrogen-bond acceptors (Lipinski definition) is 5. The lowest BCUT2D eigenvalue weighted by Crippen LogP contribution is -2.55. The first-order valence-electron chi connectivity index (χ1n) is 9.98. The molecular formula is C21H26N4O4. The van der Waals surface area contributed by atoms with E-state index in [1.807, 2.05) is 24.3 Å². The fourth-order valence-corrected chi connectivity index (χ4v) is 3.85. The van der Waals surface area contributed by atoms with Gasteiger partial charge < -0.3 is 15.2 Å². The van der Waals surface area contributed by atoms with E-state index >= 15 is 0 Å². The number of aliphatic carboxylic acids is 1. The lowest BCUT2D eigenvalue weighted by molar-refractivity contribution is -0.139. The number of H-pyrrole nitrogens is 1. The number of carboxylic acids is 1. The zero-order valence-corrected chi connectivity index (χ0v) is 16.4. The average molecular weight is 398 g/mol. The minimum atomic E-state index is -0.791. The Morgan fingerprint density at radius 1 is 1.28 bits per heavy atom. The lowest BCUT2D eigenvalue weighted by Gasteiger charge is -2.42. The van der Waals surface area contributed by atoms with E-state index in [4.69, 9.17) is 9.84 Å². The van der Waals surface area contributed by atoms with Gasteiger partial charge in [-0.2, -0.15) is 5.10 Å². The molecule has 0 bridgehead atoms. The number of carbonyl (C=O) groups excluding carboxylic acids is 1. The van der Waals surface area contributed by atoms with Crippen molar-refractivity contribution in [3.8, 4) is 17.0 Å². The maximum absolute atomic E-state index is 12.8. The van der Waals surface area contributed by atoms with E-state index < -0.39 is 5.97 Å². The summed E-state index contributed by atoms with van der Waals surface area (Å²) in [5.74, 6) is 0.429. The van der Waals surface area contributed by atoms with Crippen LogP contribution in [0.15, 0.2) is 30.5 Å². The molecule has 8 heteroatoms. The van der Waals surface area contributed by atoms with Gasteiger partial charge in [0.25, 0.3) is 5.91 Å². The quantitative estimate of drug-likeness (QED) is 0.597. The Morgan fingerprint density at radius 3 is 2.62 bits per heavy atom. The molecule has 2 fully saturated rings. The summed E-state index contributed by atoms with van der Waals surface area (Å²) >= 11 is 0. The fourth-order valence-electron chi connectivity index (χ4n) is 3.85. The summed E-state index contributed by atoms with van der Waals surface area (Å²) in [5, 5.41) is 19.2. The van der Waals surface area contributed by atoms with E-state index in [2.05, 4.69) is 20.4 Å². The molecule has 29 heavy (non-hydrogen) atoms. The summed E-state index contributed by atoms with van der Waals surface area (Å²) in [6.07, 6.45) is 5.48. The van der Waals surface area contributed by atoms with E-state index in [9.17, 15) is 9.59 Å². The first-order chi connectivity index (χ1) is 14.0. The van der Waals surface area contributed by atoms with Crippen molar-refractivity contribution in [2.24, 2.45) is 5.92 Å². The van der Waals surface area contributed by atoms with E-state index in [1.54, 1.807) is 7.11 Å². The minimum Gasteiger partial charge on any atom is -0.497 e. The summed E-state index contributed by atoms with van der Waals surface area (Å²) in [5.41, 5.74) is 2.03. The van der Waals surface area contributed by atoms with Crippen molar-refractivity contribution in [3.05, 3.63) is 36.0 Å². The average Bonchev–Trinajstić information content (AvgIpc) is 3.35. The van der Waals surface area contributed by atoms with Crippen LogP contribution in [0.5, 0.6) is 5.75 Å². The van der Waals surface area contributed by atoms with Gasteiger partial charge in [0.1, 0.15) is 5.75 Å².